The molecule has 1 atom stereocenters. The normalized spacial score (nSPS) is 12.2. The number of nitrogens with one attached hydrogen (secondary N) is 2. The van der Waals surface area contributed by atoms with Crippen LogP contribution in [0.4, 0.5) is 5.69 Å². The number of aromatic nitrogens is 1. The minimum absolute atomic E-state index is 0.0815. The summed E-state index contributed by atoms with van der Waals surface area (Å²) in [4.78, 5) is 28.5. The van der Waals surface area contributed by atoms with Gasteiger partial charge in [0, 0.05) is 18.5 Å². The molecule has 1 aromatic heterocycles. The minimum atomic E-state index is -3.74. The van der Waals surface area contributed by atoms with Gasteiger partial charge in [0.2, 0.25) is 5.91 Å². The smallest absolute Gasteiger partial charge is 0.337 e. The topological polar surface area (TPSA) is 135 Å². The third-order valence-corrected chi connectivity index (χ3v) is 7.22. The highest BCUT2D eigenvalue weighted by Crippen LogP contribution is 2.25. The van der Waals surface area contributed by atoms with Crippen molar-refractivity contribution < 1.29 is 27.9 Å². The van der Waals surface area contributed by atoms with Crippen molar-refractivity contribution in [3.8, 4) is 5.75 Å². The number of sulfone groups is 1. The van der Waals surface area contributed by atoms with E-state index in [1.807, 2.05) is 19.1 Å². The molecule has 0 aliphatic heterocycles. The highest BCUT2D eigenvalue weighted by molar-refractivity contribution is 7.91. The number of carbonyl (C=O) groups excluding carboxylic acids is 1. The standard InChI is InChI=1S/C27H29N3O6S/c1-4-24(20-11-13-28-14-12-20)30-25(31)10-5-19-15-18(2)26(23(16-19)27(32)33)29-17-37(34,35)22-8-6-21(36-3)7-9-22/h5-16,24,29H,4,17H2,1-3H3,(H,30,31)(H,32,33)/b10-5+. The van der Waals surface area contributed by atoms with Crippen molar-refractivity contribution in [3.63, 3.8) is 0 Å². The molecule has 2 aromatic carbocycles. The number of carboxylic acids is 1. The van der Waals surface area contributed by atoms with Gasteiger partial charge < -0.3 is 20.5 Å². The fraction of sp³-hybridized carbons (Fsp3) is 0.222. The first-order valence-electron chi connectivity index (χ1n) is 11.5. The number of pyridine rings is 1. The summed E-state index contributed by atoms with van der Waals surface area (Å²) in [6, 6.07) is 12.5. The number of hydrogen-bond donors (Lipinski definition) is 3. The Hall–Kier alpha value is -4.18. The van der Waals surface area contributed by atoms with E-state index in [-0.39, 0.29) is 28.1 Å². The summed E-state index contributed by atoms with van der Waals surface area (Å²) in [5, 5.41) is 15.4. The van der Waals surface area contributed by atoms with E-state index in [9.17, 15) is 23.1 Å². The highest BCUT2D eigenvalue weighted by atomic mass is 32.2. The second-order valence-corrected chi connectivity index (χ2v) is 10.2. The van der Waals surface area contributed by atoms with E-state index in [4.69, 9.17) is 4.74 Å². The predicted octanol–water partition coefficient (Wildman–Crippen LogP) is 4.22. The zero-order chi connectivity index (χ0) is 27.0. The monoisotopic (exact) mass is 523 g/mol. The van der Waals surface area contributed by atoms with Gasteiger partial charge in [-0.25, -0.2) is 13.2 Å². The summed E-state index contributed by atoms with van der Waals surface area (Å²) in [5.74, 6) is -1.52. The first-order valence-corrected chi connectivity index (χ1v) is 13.2. The SMILES string of the molecule is CCC(NC(=O)/C=C/c1cc(C)c(NCS(=O)(=O)c2ccc(OC)cc2)c(C(=O)O)c1)c1ccncc1. The highest BCUT2D eigenvalue weighted by Gasteiger charge is 2.19. The molecular weight excluding hydrogens is 494 g/mol. The van der Waals surface area contributed by atoms with E-state index >= 15 is 0 Å². The zero-order valence-electron chi connectivity index (χ0n) is 20.8. The van der Waals surface area contributed by atoms with Crippen LogP contribution in [0.2, 0.25) is 0 Å². The quantitative estimate of drug-likeness (QED) is 0.318. The number of nitrogens with zero attached hydrogens (tertiary/aromatic N) is 1. The molecule has 9 nitrogen and oxygen atoms in total. The Bertz CT molecular complexity index is 1390. The Morgan fingerprint density at radius 2 is 1.78 bits per heavy atom. The van der Waals surface area contributed by atoms with E-state index in [0.717, 1.165) is 5.56 Å². The Balaban J connectivity index is 1.76. The number of hydrogen-bond acceptors (Lipinski definition) is 7. The number of amides is 1. The van der Waals surface area contributed by atoms with Crippen molar-refractivity contribution in [2.24, 2.45) is 0 Å². The lowest BCUT2D eigenvalue weighted by Gasteiger charge is -2.16. The molecule has 1 unspecified atom stereocenters. The Morgan fingerprint density at radius 1 is 1.11 bits per heavy atom. The number of aromatic carboxylic acids is 1. The molecule has 0 bridgehead atoms. The van der Waals surface area contributed by atoms with Gasteiger partial charge in [-0.3, -0.25) is 9.78 Å². The second-order valence-electron chi connectivity index (χ2n) is 8.26. The molecule has 0 aliphatic rings. The van der Waals surface area contributed by atoms with Gasteiger partial charge in [0.1, 0.15) is 11.6 Å². The molecule has 1 amide bonds. The van der Waals surface area contributed by atoms with E-state index in [2.05, 4.69) is 15.6 Å². The van der Waals surface area contributed by atoms with Crippen molar-refractivity contribution in [2.45, 2.75) is 31.2 Å². The molecule has 194 valence electrons. The summed E-state index contributed by atoms with van der Waals surface area (Å²) >= 11 is 0. The van der Waals surface area contributed by atoms with E-state index in [1.165, 1.54) is 49.6 Å². The van der Waals surface area contributed by atoms with Gasteiger partial charge in [-0.1, -0.05) is 6.92 Å². The molecule has 0 radical (unpaired) electrons. The number of carbonyl (C=O) groups is 2. The number of carboxylic acid groups (broad SMARTS) is 1. The Labute approximate surface area is 216 Å². The van der Waals surface area contributed by atoms with E-state index < -0.39 is 21.7 Å². The van der Waals surface area contributed by atoms with Crippen molar-refractivity contribution in [2.75, 3.05) is 18.3 Å². The number of methoxy groups -OCH3 is 1. The van der Waals surface area contributed by atoms with Crippen LogP contribution >= 0.6 is 0 Å². The largest absolute Gasteiger partial charge is 0.497 e. The number of ether oxygens (including phenoxy) is 1. The average molecular weight is 524 g/mol. The third-order valence-electron chi connectivity index (χ3n) is 5.71. The van der Waals surface area contributed by atoms with Gasteiger partial charge >= 0.3 is 5.97 Å². The van der Waals surface area contributed by atoms with E-state index in [0.29, 0.717) is 23.3 Å². The molecule has 0 aliphatic carbocycles. The Kier molecular flexibility index (Phi) is 9.02. The van der Waals surface area contributed by atoms with Crippen LogP contribution in [0.5, 0.6) is 5.75 Å². The minimum Gasteiger partial charge on any atom is -0.497 e. The maximum atomic E-state index is 12.7. The summed E-state index contributed by atoms with van der Waals surface area (Å²) < 4.78 is 30.5. The molecule has 0 fully saturated rings. The van der Waals surface area contributed by atoms with Gasteiger partial charge in [-0.2, -0.15) is 0 Å². The van der Waals surface area contributed by atoms with Gasteiger partial charge in [0.05, 0.1) is 29.3 Å². The van der Waals surface area contributed by atoms with Crippen LogP contribution in [0, 0.1) is 6.92 Å². The van der Waals surface area contributed by atoms with Crippen LogP contribution in [0.1, 0.15) is 46.4 Å². The van der Waals surface area contributed by atoms with Crippen molar-refractivity contribution in [1.29, 1.82) is 0 Å². The fourth-order valence-electron chi connectivity index (χ4n) is 3.76. The lowest BCUT2D eigenvalue weighted by atomic mass is 10.0. The predicted molar refractivity (Wildman–Crippen MR) is 141 cm³/mol. The number of aryl methyl sites for hydroxylation is 1. The van der Waals surface area contributed by atoms with Crippen molar-refractivity contribution in [3.05, 3.63) is 89.3 Å². The molecule has 3 rings (SSSR count). The maximum absolute atomic E-state index is 12.7. The Morgan fingerprint density at radius 3 is 2.38 bits per heavy atom. The molecule has 1 heterocycles. The number of benzene rings is 2. The first kappa shape index (κ1) is 27.4. The summed E-state index contributed by atoms with van der Waals surface area (Å²) in [6.45, 7) is 3.63. The number of anilines is 1. The maximum Gasteiger partial charge on any atom is 0.337 e. The summed E-state index contributed by atoms with van der Waals surface area (Å²) in [6.07, 6.45) is 6.87. The molecule has 0 saturated heterocycles. The molecule has 0 saturated carbocycles. The van der Waals surface area contributed by atoms with Gasteiger partial charge in [0.25, 0.3) is 0 Å². The third kappa shape index (κ3) is 7.17. The zero-order valence-corrected chi connectivity index (χ0v) is 21.6. The molecule has 3 aromatic rings. The van der Waals surface area contributed by atoms with Gasteiger partial charge in [-0.05, 0) is 84.6 Å². The van der Waals surface area contributed by atoms with Crippen LogP contribution in [-0.4, -0.2) is 43.4 Å². The fourth-order valence-corrected chi connectivity index (χ4v) is 4.81. The van der Waals surface area contributed by atoms with Gasteiger partial charge in [-0.15, -0.1) is 0 Å². The van der Waals surface area contributed by atoms with Crippen LogP contribution in [0.15, 0.2) is 71.9 Å². The molecular formula is C27H29N3O6S. The molecule has 0 spiro atoms. The van der Waals surface area contributed by atoms with E-state index in [1.54, 1.807) is 25.4 Å². The van der Waals surface area contributed by atoms with Gasteiger partial charge in [0.15, 0.2) is 9.84 Å². The van der Waals surface area contributed by atoms with Crippen LogP contribution in [0.3, 0.4) is 0 Å². The van der Waals surface area contributed by atoms with Crippen molar-refractivity contribution in [1.82, 2.24) is 10.3 Å². The molecule has 3 N–H and O–H groups in total. The average Bonchev–Trinajstić information content (AvgIpc) is 2.90. The van der Waals surface area contributed by atoms with Crippen LogP contribution < -0.4 is 15.4 Å². The van der Waals surface area contributed by atoms with Crippen LogP contribution in [-0.2, 0) is 14.6 Å². The lowest BCUT2D eigenvalue weighted by molar-refractivity contribution is -0.117. The molecule has 10 heteroatoms. The first-order chi connectivity index (χ1) is 17.6. The second kappa shape index (κ2) is 12.2. The lowest BCUT2D eigenvalue weighted by Crippen LogP contribution is -2.26. The van der Waals surface area contributed by atoms with Crippen molar-refractivity contribution >= 4 is 33.5 Å². The summed E-state index contributed by atoms with van der Waals surface area (Å²) in [5.41, 5.74) is 2.03. The molecule has 37 heavy (non-hydrogen) atoms. The number of rotatable bonds is 11. The van der Waals surface area contributed by atoms with Crippen LogP contribution in [0.25, 0.3) is 6.08 Å². The summed E-state index contributed by atoms with van der Waals surface area (Å²) in [7, 11) is -2.26.